The molecule has 2 aromatic carbocycles. The number of rotatable bonds is 5. The van der Waals surface area contributed by atoms with Crippen molar-refractivity contribution < 1.29 is 9.47 Å². The van der Waals surface area contributed by atoms with E-state index >= 15 is 0 Å². The van der Waals surface area contributed by atoms with E-state index in [9.17, 15) is 0 Å². The highest BCUT2D eigenvalue weighted by Gasteiger charge is 2.04. The fraction of sp³-hybridized carbons (Fsp3) is 0.143. The zero-order valence-electron chi connectivity index (χ0n) is 10.4. The summed E-state index contributed by atoms with van der Waals surface area (Å²) in [5, 5.41) is 0. The molecule has 0 fully saturated rings. The van der Waals surface area contributed by atoms with E-state index in [4.69, 9.17) is 9.47 Å². The van der Waals surface area contributed by atoms with Crippen LogP contribution in [0.25, 0.3) is 0 Å². The van der Waals surface area contributed by atoms with Crippen LogP contribution in [-0.2, 0) is 0 Å². The Morgan fingerprint density at radius 3 is 2.28 bits per heavy atom. The number of para-hydroxylation sites is 1. The van der Waals surface area contributed by atoms with E-state index < -0.39 is 0 Å². The van der Waals surface area contributed by atoms with Crippen LogP contribution in [0.3, 0.4) is 0 Å². The minimum Gasteiger partial charge on any atom is -0.497 e. The molecule has 94 valence electrons. The largest absolute Gasteiger partial charge is 0.497 e. The quantitative estimate of drug-likeness (QED) is 0.793. The molecule has 0 aliphatic rings. The molecular formula is C14H16N2O2. The van der Waals surface area contributed by atoms with Crippen LogP contribution in [0.4, 0.5) is 11.4 Å². The zero-order valence-corrected chi connectivity index (χ0v) is 10.4. The van der Waals surface area contributed by atoms with Crippen molar-refractivity contribution in [2.24, 2.45) is 0 Å². The van der Waals surface area contributed by atoms with Crippen LogP contribution in [0.5, 0.6) is 11.5 Å². The topological polar surface area (TPSA) is 42.5 Å². The molecule has 2 rings (SSSR count). The van der Waals surface area contributed by atoms with Gasteiger partial charge in [-0.15, -0.1) is 0 Å². The Balaban J connectivity index is 2.12. The third-order valence-electron chi connectivity index (χ3n) is 2.52. The van der Waals surface area contributed by atoms with Gasteiger partial charge in [-0.25, -0.2) is 0 Å². The molecule has 0 heterocycles. The molecular weight excluding hydrogens is 228 g/mol. The third-order valence-corrected chi connectivity index (χ3v) is 2.52. The van der Waals surface area contributed by atoms with Crippen LogP contribution in [0.2, 0.25) is 0 Å². The summed E-state index contributed by atoms with van der Waals surface area (Å²) < 4.78 is 10.5. The highest BCUT2D eigenvalue weighted by molar-refractivity contribution is 5.62. The Hall–Kier alpha value is -2.36. The van der Waals surface area contributed by atoms with E-state index in [1.807, 2.05) is 48.5 Å². The second-order valence-corrected chi connectivity index (χ2v) is 3.68. The van der Waals surface area contributed by atoms with Gasteiger partial charge in [0.2, 0.25) is 0 Å². The summed E-state index contributed by atoms with van der Waals surface area (Å²) in [6.07, 6.45) is 0. The summed E-state index contributed by atoms with van der Waals surface area (Å²) in [5.74, 6) is 1.52. The second-order valence-electron chi connectivity index (χ2n) is 3.68. The first kappa shape index (κ1) is 12.1. The van der Waals surface area contributed by atoms with E-state index in [0.29, 0.717) is 0 Å². The monoisotopic (exact) mass is 244 g/mol. The number of anilines is 2. The smallest absolute Gasteiger partial charge is 0.144 e. The number of hydrazine groups is 1. The van der Waals surface area contributed by atoms with Gasteiger partial charge >= 0.3 is 0 Å². The van der Waals surface area contributed by atoms with E-state index in [-0.39, 0.29) is 0 Å². The van der Waals surface area contributed by atoms with E-state index in [2.05, 4.69) is 10.9 Å². The van der Waals surface area contributed by atoms with Gasteiger partial charge in [0, 0.05) is 6.07 Å². The molecule has 0 amide bonds. The van der Waals surface area contributed by atoms with Gasteiger partial charge in [-0.3, -0.25) is 5.43 Å². The number of nitrogens with one attached hydrogen (secondary N) is 2. The van der Waals surface area contributed by atoms with Crippen LogP contribution in [0.15, 0.2) is 48.5 Å². The minimum atomic E-state index is 0.749. The van der Waals surface area contributed by atoms with Gasteiger partial charge in [0.05, 0.1) is 25.6 Å². The van der Waals surface area contributed by atoms with Crippen LogP contribution in [0.1, 0.15) is 0 Å². The predicted molar refractivity (Wildman–Crippen MR) is 73.2 cm³/mol. The molecule has 0 spiro atoms. The maximum absolute atomic E-state index is 5.28. The summed E-state index contributed by atoms with van der Waals surface area (Å²) in [6, 6.07) is 15.4. The second kappa shape index (κ2) is 5.82. The Morgan fingerprint density at radius 1 is 0.833 bits per heavy atom. The number of ether oxygens (including phenoxy) is 2. The van der Waals surface area contributed by atoms with Crippen LogP contribution < -0.4 is 20.3 Å². The number of hydrogen-bond donors (Lipinski definition) is 2. The summed E-state index contributed by atoms with van der Waals surface area (Å²) in [7, 11) is 3.27. The van der Waals surface area contributed by atoms with Crippen molar-refractivity contribution in [3.63, 3.8) is 0 Å². The molecule has 0 bridgehead atoms. The lowest BCUT2D eigenvalue weighted by atomic mass is 10.3. The SMILES string of the molecule is COc1ccc(OC)c(NNc2ccccc2)c1. The first-order valence-corrected chi connectivity index (χ1v) is 5.62. The maximum atomic E-state index is 5.28. The van der Waals surface area contributed by atoms with Crippen molar-refractivity contribution in [2.45, 2.75) is 0 Å². The fourth-order valence-corrected chi connectivity index (χ4v) is 1.57. The molecule has 0 radical (unpaired) electrons. The lowest BCUT2D eigenvalue weighted by Crippen LogP contribution is -2.09. The molecule has 0 unspecified atom stereocenters. The summed E-state index contributed by atoms with van der Waals surface area (Å²) in [5.41, 5.74) is 8.00. The van der Waals surface area contributed by atoms with Gasteiger partial charge < -0.3 is 14.9 Å². The average molecular weight is 244 g/mol. The maximum Gasteiger partial charge on any atom is 0.144 e. The fourth-order valence-electron chi connectivity index (χ4n) is 1.57. The van der Waals surface area contributed by atoms with Crippen molar-refractivity contribution >= 4 is 11.4 Å². The molecule has 0 saturated carbocycles. The van der Waals surface area contributed by atoms with Gasteiger partial charge in [0.15, 0.2) is 0 Å². The van der Waals surface area contributed by atoms with Crippen molar-refractivity contribution in [2.75, 3.05) is 25.1 Å². The van der Waals surface area contributed by atoms with Crippen LogP contribution in [0, 0.1) is 0 Å². The first-order chi connectivity index (χ1) is 8.83. The van der Waals surface area contributed by atoms with E-state index in [1.165, 1.54) is 0 Å². The molecule has 2 aromatic rings. The molecule has 0 aliphatic carbocycles. The van der Waals surface area contributed by atoms with Gasteiger partial charge in [-0.2, -0.15) is 0 Å². The van der Waals surface area contributed by atoms with Gasteiger partial charge in [0.25, 0.3) is 0 Å². The van der Waals surface area contributed by atoms with Gasteiger partial charge in [-0.05, 0) is 24.3 Å². The van der Waals surface area contributed by atoms with Crippen molar-refractivity contribution in [1.29, 1.82) is 0 Å². The summed E-state index contributed by atoms with van der Waals surface area (Å²) >= 11 is 0. The third kappa shape index (κ3) is 2.85. The van der Waals surface area contributed by atoms with Crippen molar-refractivity contribution in [3.8, 4) is 11.5 Å². The lowest BCUT2D eigenvalue weighted by Gasteiger charge is -2.14. The van der Waals surface area contributed by atoms with E-state index in [0.717, 1.165) is 22.9 Å². The highest BCUT2D eigenvalue weighted by atomic mass is 16.5. The molecule has 0 aromatic heterocycles. The van der Waals surface area contributed by atoms with Crippen molar-refractivity contribution in [3.05, 3.63) is 48.5 Å². The predicted octanol–water partition coefficient (Wildman–Crippen LogP) is 3.14. The molecule has 4 heteroatoms. The Morgan fingerprint density at radius 2 is 1.61 bits per heavy atom. The lowest BCUT2D eigenvalue weighted by molar-refractivity contribution is 0.404. The van der Waals surface area contributed by atoms with Crippen molar-refractivity contribution in [1.82, 2.24) is 0 Å². The number of methoxy groups -OCH3 is 2. The minimum absolute atomic E-state index is 0.749. The first-order valence-electron chi connectivity index (χ1n) is 5.62. The molecule has 0 saturated heterocycles. The molecule has 2 N–H and O–H groups in total. The molecule has 18 heavy (non-hydrogen) atoms. The van der Waals surface area contributed by atoms with Gasteiger partial charge in [0.1, 0.15) is 11.5 Å². The van der Waals surface area contributed by atoms with E-state index in [1.54, 1.807) is 14.2 Å². The highest BCUT2D eigenvalue weighted by Crippen LogP contribution is 2.28. The van der Waals surface area contributed by atoms with Crippen LogP contribution >= 0.6 is 0 Å². The number of hydrogen-bond acceptors (Lipinski definition) is 4. The zero-order chi connectivity index (χ0) is 12.8. The standard InChI is InChI=1S/C14H16N2O2/c1-17-12-8-9-14(18-2)13(10-12)16-15-11-6-4-3-5-7-11/h3-10,15-16H,1-2H3. The van der Waals surface area contributed by atoms with Gasteiger partial charge in [-0.1, -0.05) is 18.2 Å². The Bertz CT molecular complexity index is 500. The Kier molecular flexibility index (Phi) is 3.91. The molecule has 4 nitrogen and oxygen atoms in total. The average Bonchev–Trinajstić information content (AvgIpc) is 2.45. The molecule has 0 atom stereocenters. The molecule has 0 aliphatic heterocycles. The Labute approximate surface area is 107 Å². The normalized spacial score (nSPS) is 9.67. The summed E-state index contributed by atoms with van der Waals surface area (Å²) in [6.45, 7) is 0. The summed E-state index contributed by atoms with van der Waals surface area (Å²) in [4.78, 5) is 0. The van der Waals surface area contributed by atoms with Crippen LogP contribution in [-0.4, -0.2) is 14.2 Å². The number of benzene rings is 2.